The minimum absolute atomic E-state index is 0.155. The summed E-state index contributed by atoms with van der Waals surface area (Å²) in [4.78, 5) is 4.12. The Hall–Kier alpha value is -1.82. The van der Waals surface area contributed by atoms with Crippen LogP contribution in [0.25, 0.3) is 0 Å². The lowest BCUT2D eigenvalue weighted by molar-refractivity contribution is 0.246. The number of ether oxygens (including phenoxy) is 1. The summed E-state index contributed by atoms with van der Waals surface area (Å²) < 4.78 is 5.70. The molecule has 0 fully saturated rings. The van der Waals surface area contributed by atoms with Gasteiger partial charge < -0.3 is 10.5 Å². The number of para-hydroxylation sites is 1. The third kappa shape index (κ3) is 2.68. The number of hydrogen-bond acceptors (Lipinski definition) is 5. The highest BCUT2D eigenvalue weighted by molar-refractivity contribution is 6.30. The number of anilines is 1. The van der Waals surface area contributed by atoms with Gasteiger partial charge in [-0.2, -0.15) is 0 Å². The zero-order valence-corrected chi connectivity index (χ0v) is 12.2. The van der Waals surface area contributed by atoms with Crippen LogP contribution in [0.2, 0.25) is 5.02 Å². The van der Waals surface area contributed by atoms with Gasteiger partial charge in [0.15, 0.2) is 0 Å². The summed E-state index contributed by atoms with van der Waals surface area (Å²) in [5, 5.41) is 0.541. The van der Waals surface area contributed by atoms with Gasteiger partial charge in [0, 0.05) is 17.7 Å². The van der Waals surface area contributed by atoms with Gasteiger partial charge in [-0.1, -0.05) is 29.8 Å². The van der Waals surface area contributed by atoms with Crippen LogP contribution in [-0.4, -0.2) is 11.6 Å². The molecular formula is C15H17ClN4O. The molecule has 2 atom stereocenters. The molecule has 0 radical (unpaired) electrons. The van der Waals surface area contributed by atoms with E-state index in [0.29, 0.717) is 17.4 Å². The van der Waals surface area contributed by atoms with E-state index in [1.807, 2.05) is 24.3 Å². The molecule has 0 aliphatic carbocycles. The average Bonchev–Trinajstić information content (AvgIpc) is 2.51. The van der Waals surface area contributed by atoms with E-state index in [0.717, 1.165) is 23.3 Å². The number of nitrogens with two attached hydrogens (primary N) is 2. The van der Waals surface area contributed by atoms with Gasteiger partial charge in [-0.25, -0.2) is 4.98 Å². The highest BCUT2D eigenvalue weighted by Gasteiger charge is 2.30. The smallest absolute Gasteiger partial charge is 0.128 e. The number of hydrazine groups is 1. The van der Waals surface area contributed by atoms with Crippen LogP contribution in [-0.2, 0) is 0 Å². The van der Waals surface area contributed by atoms with Crippen LogP contribution in [0.1, 0.15) is 29.5 Å². The maximum absolute atomic E-state index is 6.05. The first kappa shape index (κ1) is 14.1. The van der Waals surface area contributed by atoms with Gasteiger partial charge in [0.25, 0.3) is 0 Å². The topological polar surface area (TPSA) is 86.2 Å². The molecule has 1 aliphatic rings. The fourth-order valence-corrected chi connectivity index (χ4v) is 3.02. The van der Waals surface area contributed by atoms with Gasteiger partial charge in [-0.15, -0.1) is 0 Å². The fraction of sp³-hybridized carbons (Fsp3) is 0.267. The van der Waals surface area contributed by atoms with Gasteiger partial charge in [0.2, 0.25) is 0 Å². The van der Waals surface area contributed by atoms with Crippen molar-refractivity contribution in [3.8, 4) is 5.75 Å². The number of nitrogen functional groups attached to an aromatic ring is 1. The molecule has 1 aromatic heterocycles. The van der Waals surface area contributed by atoms with Gasteiger partial charge in [-0.3, -0.25) is 11.3 Å². The second-order valence-corrected chi connectivity index (χ2v) is 5.49. The molecule has 0 saturated heterocycles. The van der Waals surface area contributed by atoms with Crippen LogP contribution in [0.15, 0.2) is 36.5 Å². The largest absolute Gasteiger partial charge is 0.493 e. The summed E-state index contributed by atoms with van der Waals surface area (Å²) in [6, 6.07) is 9.62. The van der Waals surface area contributed by atoms with Crippen molar-refractivity contribution in [2.24, 2.45) is 5.84 Å². The lowest BCUT2D eigenvalue weighted by Gasteiger charge is -2.32. The van der Waals surface area contributed by atoms with E-state index in [2.05, 4.69) is 16.5 Å². The van der Waals surface area contributed by atoms with Crippen molar-refractivity contribution in [2.75, 3.05) is 12.3 Å². The molecule has 2 aromatic rings. The standard InChI is InChI=1S/C15H17ClN4O/c16-9-7-12(15(17)19-8-9)14(20-18)11-5-6-21-13-4-2-1-3-10(11)13/h1-4,7-8,11,14,20H,5-6,18H2,(H2,17,19). The zero-order valence-electron chi connectivity index (χ0n) is 11.4. The Morgan fingerprint density at radius 1 is 1.38 bits per heavy atom. The number of pyridine rings is 1. The molecule has 3 rings (SSSR count). The van der Waals surface area contributed by atoms with Crippen LogP contribution >= 0.6 is 11.6 Å². The van der Waals surface area contributed by atoms with Gasteiger partial charge in [0.1, 0.15) is 11.6 Å². The summed E-state index contributed by atoms with van der Waals surface area (Å²) in [7, 11) is 0. The summed E-state index contributed by atoms with van der Waals surface area (Å²) in [5.41, 5.74) is 10.8. The number of nitrogens with one attached hydrogen (secondary N) is 1. The number of benzene rings is 1. The van der Waals surface area contributed by atoms with E-state index in [-0.39, 0.29) is 12.0 Å². The predicted octanol–water partition coefficient (Wildman–Crippen LogP) is 2.39. The molecule has 0 spiro atoms. The molecule has 2 heterocycles. The van der Waals surface area contributed by atoms with Crippen molar-refractivity contribution in [3.63, 3.8) is 0 Å². The summed E-state index contributed by atoms with van der Waals surface area (Å²) in [6.07, 6.45) is 2.38. The summed E-state index contributed by atoms with van der Waals surface area (Å²) >= 11 is 6.05. The highest BCUT2D eigenvalue weighted by Crippen LogP contribution is 2.42. The van der Waals surface area contributed by atoms with Crippen molar-refractivity contribution in [1.29, 1.82) is 0 Å². The van der Waals surface area contributed by atoms with Gasteiger partial charge in [0.05, 0.1) is 17.7 Å². The molecule has 1 aliphatic heterocycles. The Morgan fingerprint density at radius 3 is 3.00 bits per heavy atom. The van der Waals surface area contributed by atoms with Crippen LogP contribution in [0.4, 0.5) is 5.82 Å². The van der Waals surface area contributed by atoms with Crippen LogP contribution in [0.5, 0.6) is 5.75 Å². The number of fused-ring (bicyclic) bond motifs is 1. The molecule has 0 saturated carbocycles. The number of rotatable bonds is 3. The number of halogens is 1. The Kier molecular flexibility index (Phi) is 3.96. The van der Waals surface area contributed by atoms with Gasteiger partial charge >= 0.3 is 0 Å². The van der Waals surface area contributed by atoms with Crippen molar-refractivity contribution < 1.29 is 4.74 Å². The Morgan fingerprint density at radius 2 is 2.19 bits per heavy atom. The van der Waals surface area contributed by atoms with Crippen LogP contribution in [0.3, 0.4) is 0 Å². The van der Waals surface area contributed by atoms with E-state index in [9.17, 15) is 0 Å². The molecule has 21 heavy (non-hydrogen) atoms. The summed E-state index contributed by atoms with van der Waals surface area (Å²) in [6.45, 7) is 0.647. The van der Waals surface area contributed by atoms with Crippen LogP contribution < -0.4 is 21.7 Å². The minimum Gasteiger partial charge on any atom is -0.493 e. The van der Waals surface area contributed by atoms with Gasteiger partial charge in [-0.05, 0) is 24.1 Å². The predicted molar refractivity (Wildman–Crippen MR) is 83.0 cm³/mol. The van der Waals surface area contributed by atoms with Crippen molar-refractivity contribution in [3.05, 3.63) is 52.7 Å². The monoisotopic (exact) mass is 304 g/mol. The Bertz CT molecular complexity index is 649. The van der Waals surface area contributed by atoms with E-state index >= 15 is 0 Å². The molecule has 110 valence electrons. The second kappa shape index (κ2) is 5.89. The Labute approximate surface area is 128 Å². The highest BCUT2D eigenvalue weighted by atomic mass is 35.5. The summed E-state index contributed by atoms with van der Waals surface area (Å²) in [5.74, 6) is 7.28. The molecule has 2 unspecified atom stereocenters. The number of aromatic nitrogens is 1. The second-order valence-electron chi connectivity index (χ2n) is 5.05. The Balaban J connectivity index is 2.03. The number of nitrogens with zero attached hydrogens (tertiary/aromatic N) is 1. The fourth-order valence-electron chi connectivity index (χ4n) is 2.85. The van der Waals surface area contributed by atoms with Crippen molar-refractivity contribution in [2.45, 2.75) is 18.4 Å². The lowest BCUT2D eigenvalue weighted by Crippen LogP contribution is -2.35. The van der Waals surface area contributed by atoms with Crippen molar-refractivity contribution >= 4 is 17.4 Å². The minimum atomic E-state index is -0.166. The first-order valence-corrected chi connectivity index (χ1v) is 7.17. The van der Waals surface area contributed by atoms with E-state index < -0.39 is 0 Å². The van der Waals surface area contributed by atoms with E-state index in [1.165, 1.54) is 6.20 Å². The maximum atomic E-state index is 6.05. The van der Waals surface area contributed by atoms with Crippen molar-refractivity contribution in [1.82, 2.24) is 10.4 Å². The lowest BCUT2D eigenvalue weighted by atomic mass is 9.83. The zero-order chi connectivity index (χ0) is 14.8. The normalized spacial score (nSPS) is 18.7. The van der Waals surface area contributed by atoms with E-state index in [1.54, 1.807) is 0 Å². The SMILES string of the molecule is NNC(c1cc(Cl)cnc1N)C1CCOc2ccccc21. The molecule has 0 amide bonds. The molecule has 6 heteroatoms. The third-order valence-electron chi connectivity index (χ3n) is 3.84. The molecular weight excluding hydrogens is 288 g/mol. The third-order valence-corrected chi connectivity index (χ3v) is 4.04. The molecule has 0 bridgehead atoms. The van der Waals surface area contributed by atoms with Crippen LogP contribution in [0, 0.1) is 0 Å². The average molecular weight is 305 g/mol. The number of hydrogen-bond donors (Lipinski definition) is 3. The van der Waals surface area contributed by atoms with E-state index in [4.69, 9.17) is 27.9 Å². The molecule has 1 aromatic carbocycles. The molecule has 5 nitrogen and oxygen atoms in total. The quantitative estimate of drug-likeness (QED) is 0.599. The first-order valence-electron chi connectivity index (χ1n) is 6.79. The molecule has 5 N–H and O–H groups in total. The first-order chi connectivity index (χ1) is 10.2. The maximum Gasteiger partial charge on any atom is 0.128 e.